The number of fused-ring (bicyclic) bond motifs is 7. The maximum absolute atomic E-state index is 12.8. The molecule has 0 aromatic rings. The molecule has 5 aliphatic rings. The summed E-state index contributed by atoms with van der Waals surface area (Å²) in [6.45, 7) is 17.8. The number of hydrogen-bond donors (Lipinski definition) is 2. The van der Waals surface area contributed by atoms with Gasteiger partial charge in [0.15, 0.2) is 0 Å². The molecule has 0 unspecified atom stereocenters. The summed E-state index contributed by atoms with van der Waals surface area (Å²) in [6, 6.07) is 0. The second kappa shape index (κ2) is 7.84. The van der Waals surface area contributed by atoms with Crippen molar-refractivity contribution in [3.63, 3.8) is 0 Å². The minimum absolute atomic E-state index is 0.104. The van der Waals surface area contributed by atoms with Crippen LogP contribution in [0.15, 0.2) is 11.6 Å². The number of hydrogen-bond acceptors (Lipinski definition) is 2. The van der Waals surface area contributed by atoms with Crippen molar-refractivity contribution in [3.05, 3.63) is 11.6 Å². The van der Waals surface area contributed by atoms with Gasteiger partial charge in [0.2, 0.25) is 0 Å². The number of rotatable bonds is 3. The molecule has 3 heteroatoms. The molecule has 3 nitrogen and oxygen atoms in total. The minimum Gasteiger partial charge on any atom is -0.481 e. The largest absolute Gasteiger partial charge is 0.481 e. The van der Waals surface area contributed by atoms with Gasteiger partial charge in [-0.15, -0.1) is 0 Å². The van der Waals surface area contributed by atoms with Crippen LogP contribution in [0.2, 0.25) is 0 Å². The van der Waals surface area contributed by atoms with Crippen LogP contribution in [-0.2, 0) is 4.79 Å². The third-order valence-electron chi connectivity index (χ3n) is 13.8. The lowest BCUT2D eigenvalue weighted by atomic mass is 9.33. The van der Waals surface area contributed by atoms with Crippen LogP contribution in [0, 0.1) is 56.2 Å². The summed E-state index contributed by atoms with van der Waals surface area (Å²) >= 11 is 0. The van der Waals surface area contributed by atoms with E-state index in [4.69, 9.17) is 0 Å². The molecule has 0 aromatic heterocycles. The predicted octanol–water partition coefficient (Wildman–Crippen LogP) is 7.87. The summed E-state index contributed by atoms with van der Waals surface area (Å²) in [5.41, 5.74) is 2.13. The van der Waals surface area contributed by atoms with Gasteiger partial charge >= 0.3 is 5.97 Å². The van der Waals surface area contributed by atoms with Crippen LogP contribution in [0.5, 0.6) is 0 Å². The molecular weight excluding hydrogens is 432 g/mol. The molecule has 8 atom stereocenters. The zero-order valence-corrected chi connectivity index (χ0v) is 23.7. The Balaban J connectivity index is 1.56. The van der Waals surface area contributed by atoms with E-state index in [1.165, 1.54) is 31.3 Å². The van der Waals surface area contributed by atoms with Crippen molar-refractivity contribution >= 4 is 5.97 Å². The Morgan fingerprint density at radius 1 is 0.914 bits per heavy atom. The van der Waals surface area contributed by atoms with Crippen molar-refractivity contribution in [2.75, 3.05) is 6.61 Å². The number of carbonyl (C=O) groups is 1. The van der Waals surface area contributed by atoms with Crippen LogP contribution in [-0.4, -0.2) is 22.8 Å². The van der Waals surface area contributed by atoms with E-state index in [-0.39, 0.29) is 27.6 Å². The van der Waals surface area contributed by atoms with E-state index in [0.29, 0.717) is 29.8 Å². The lowest BCUT2D eigenvalue weighted by molar-refractivity contribution is -0.197. The first-order valence-electron chi connectivity index (χ1n) is 14.7. The van der Waals surface area contributed by atoms with Crippen molar-refractivity contribution in [2.45, 2.75) is 119 Å². The lowest BCUT2D eigenvalue weighted by Crippen LogP contribution is -2.64. The Kier molecular flexibility index (Phi) is 5.78. The lowest BCUT2D eigenvalue weighted by Gasteiger charge is -2.71. The van der Waals surface area contributed by atoms with Gasteiger partial charge < -0.3 is 10.2 Å². The molecule has 0 spiro atoms. The fourth-order valence-corrected chi connectivity index (χ4v) is 11.4. The van der Waals surface area contributed by atoms with Crippen LogP contribution < -0.4 is 0 Å². The zero-order chi connectivity index (χ0) is 25.7. The minimum atomic E-state index is -0.546. The maximum atomic E-state index is 12.8. The van der Waals surface area contributed by atoms with Gasteiger partial charge in [0.05, 0.1) is 5.41 Å². The third kappa shape index (κ3) is 3.28. The first kappa shape index (κ1) is 25.8. The van der Waals surface area contributed by atoms with Gasteiger partial charge in [-0.1, -0.05) is 60.1 Å². The van der Waals surface area contributed by atoms with E-state index in [1.807, 2.05) is 0 Å². The molecule has 0 aliphatic heterocycles. The Morgan fingerprint density at radius 2 is 1.60 bits per heavy atom. The molecule has 4 fully saturated rings. The number of aliphatic hydroxyl groups excluding tert-OH is 1. The van der Waals surface area contributed by atoms with Crippen molar-refractivity contribution < 1.29 is 15.0 Å². The zero-order valence-electron chi connectivity index (χ0n) is 23.7. The molecule has 4 saturated carbocycles. The molecule has 198 valence electrons. The highest BCUT2D eigenvalue weighted by molar-refractivity contribution is 5.76. The number of carboxylic acids is 1. The van der Waals surface area contributed by atoms with Gasteiger partial charge in [-0.25, -0.2) is 0 Å². The van der Waals surface area contributed by atoms with Gasteiger partial charge in [-0.2, -0.15) is 0 Å². The highest BCUT2D eigenvalue weighted by Crippen LogP contribution is 2.76. The van der Waals surface area contributed by atoms with Gasteiger partial charge in [-0.3, -0.25) is 4.79 Å². The number of aliphatic carboxylic acids is 1. The number of carboxylic acid groups (broad SMARTS) is 1. The molecule has 5 aliphatic carbocycles. The molecule has 0 bridgehead atoms. The SMILES string of the molecule is CC1(C)CC[C@]2(C(=O)O)CC[C@]3(C)C(=CC[C@@H]4[C@@]5(C)CC[C@H](CCO)C(C)(C)[C@@H]5CC[C@]43C)[C@H]2C1. The van der Waals surface area contributed by atoms with Crippen LogP contribution in [0.4, 0.5) is 0 Å². The Labute approximate surface area is 214 Å². The summed E-state index contributed by atoms with van der Waals surface area (Å²) in [5.74, 6) is 1.64. The molecule has 0 heterocycles. The normalized spacial score (nSPS) is 50.1. The summed E-state index contributed by atoms with van der Waals surface area (Å²) in [6.07, 6.45) is 14.5. The average Bonchev–Trinajstić information content (AvgIpc) is 2.75. The van der Waals surface area contributed by atoms with Crippen molar-refractivity contribution in [3.8, 4) is 0 Å². The van der Waals surface area contributed by atoms with E-state index >= 15 is 0 Å². The third-order valence-corrected chi connectivity index (χ3v) is 13.8. The predicted molar refractivity (Wildman–Crippen MR) is 142 cm³/mol. The maximum Gasteiger partial charge on any atom is 0.310 e. The highest BCUT2D eigenvalue weighted by Gasteiger charge is 2.69. The smallest absolute Gasteiger partial charge is 0.310 e. The second-order valence-corrected chi connectivity index (χ2v) is 15.7. The van der Waals surface area contributed by atoms with Crippen molar-refractivity contribution in [2.24, 2.45) is 56.2 Å². The van der Waals surface area contributed by atoms with E-state index in [1.54, 1.807) is 0 Å². The van der Waals surface area contributed by atoms with Gasteiger partial charge in [-0.05, 0) is 121 Å². The first-order valence-corrected chi connectivity index (χ1v) is 14.7. The fraction of sp³-hybridized carbons (Fsp3) is 0.906. The monoisotopic (exact) mass is 484 g/mol. The van der Waals surface area contributed by atoms with Crippen molar-refractivity contribution in [1.29, 1.82) is 0 Å². The number of allylic oxidation sites excluding steroid dienone is 2. The van der Waals surface area contributed by atoms with Gasteiger partial charge in [0, 0.05) is 6.61 Å². The van der Waals surface area contributed by atoms with Crippen molar-refractivity contribution in [1.82, 2.24) is 0 Å². The summed E-state index contributed by atoms with van der Waals surface area (Å²) in [7, 11) is 0. The topological polar surface area (TPSA) is 57.5 Å². The Hall–Kier alpha value is -0.830. The molecule has 0 radical (unpaired) electrons. The van der Waals surface area contributed by atoms with E-state index in [0.717, 1.165) is 44.9 Å². The van der Waals surface area contributed by atoms with Crippen LogP contribution in [0.3, 0.4) is 0 Å². The van der Waals surface area contributed by atoms with E-state index < -0.39 is 11.4 Å². The molecule has 35 heavy (non-hydrogen) atoms. The molecule has 0 aromatic carbocycles. The summed E-state index contributed by atoms with van der Waals surface area (Å²) in [4.78, 5) is 12.8. The quantitative estimate of drug-likeness (QED) is 0.401. The van der Waals surface area contributed by atoms with Gasteiger partial charge in [0.25, 0.3) is 0 Å². The fourth-order valence-electron chi connectivity index (χ4n) is 11.4. The molecule has 0 saturated heterocycles. The van der Waals surface area contributed by atoms with Crippen LogP contribution in [0.25, 0.3) is 0 Å². The Morgan fingerprint density at radius 3 is 2.26 bits per heavy atom. The second-order valence-electron chi connectivity index (χ2n) is 15.7. The molecule has 2 N–H and O–H groups in total. The molecular formula is C32H52O3. The standard InChI is InChI=1S/C32H52O3/c1-27(2)15-17-32(26(34)35)18-16-30(6)22(23(32)20-27)8-9-25-29(5)13-10-21(12-19-33)28(3,4)24(29)11-14-31(25,30)7/h8,21,23-25,33H,9-20H2,1-7H3,(H,34,35)/t21-,23-,24+,25-,29+,30-,31-,32+/m1/s1. The summed E-state index contributed by atoms with van der Waals surface area (Å²) in [5, 5.41) is 20.3. The average molecular weight is 485 g/mol. The van der Waals surface area contributed by atoms with Gasteiger partial charge in [0.1, 0.15) is 0 Å². The van der Waals surface area contributed by atoms with Crippen LogP contribution >= 0.6 is 0 Å². The van der Waals surface area contributed by atoms with E-state index in [9.17, 15) is 15.0 Å². The molecule has 0 amide bonds. The Bertz CT molecular complexity index is 916. The summed E-state index contributed by atoms with van der Waals surface area (Å²) < 4.78 is 0. The van der Waals surface area contributed by atoms with Crippen LogP contribution in [0.1, 0.15) is 119 Å². The molecule has 5 rings (SSSR count). The first-order chi connectivity index (χ1) is 16.2. The highest BCUT2D eigenvalue weighted by atomic mass is 16.4. The number of aliphatic hydroxyl groups is 1. The van der Waals surface area contributed by atoms with E-state index in [2.05, 4.69) is 54.5 Å².